The topological polar surface area (TPSA) is 67.2 Å². The van der Waals surface area contributed by atoms with Crippen LogP contribution in [0.3, 0.4) is 0 Å². The number of amides is 2. The van der Waals surface area contributed by atoms with Gasteiger partial charge in [0.15, 0.2) is 0 Å². The molecule has 1 aliphatic rings. The molecule has 0 aliphatic carbocycles. The van der Waals surface area contributed by atoms with Crippen LogP contribution in [0.1, 0.15) is 49.3 Å². The van der Waals surface area contributed by atoms with E-state index >= 15 is 0 Å². The van der Waals surface area contributed by atoms with Crippen LogP contribution < -0.4 is 10.2 Å². The average molecular weight is 437 g/mol. The highest BCUT2D eigenvalue weighted by molar-refractivity contribution is 7.13. The largest absolute Gasteiger partial charge is 0.349 e. The van der Waals surface area contributed by atoms with Gasteiger partial charge in [0.1, 0.15) is 16.9 Å². The maximum Gasteiger partial charge on any atom is 0.277 e. The predicted octanol–water partition coefficient (Wildman–Crippen LogP) is 4.56. The number of benzene rings is 1. The summed E-state index contributed by atoms with van der Waals surface area (Å²) in [4.78, 5) is 30.0. The van der Waals surface area contributed by atoms with E-state index in [0.717, 1.165) is 27.4 Å². The molecule has 0 bridgehead atoms. The first-order chi connectivity index (χ1) is 14.5. The molecule has 0 saturated heterocycles. The normalized spacial score (nSPS) is 18.8. The van der Waals surface area contributed by atoms with Gasteiger partial charge in [0.2, 0.25) is 5.91 Å². The molecule has 6 nitrogen and oxygen atoms in total. The summed E-state index contributed by atoms with van der Waals surface area (Å²) in [6.45, 7) is 11.9. The summed E-state index contributed by atoms with van der Waals surface area (Å²) in [6, 6.07) is 11.7. The third kappa shape index (κ3) is 3.78. The molecule has 1 atom stereocenters. The van der Waals surface area contributed by atoms with Crippen LogP contribution in [-0.2, 0) is 11.3 Å². The van der Waals surface area contributed by atoms with E-state index in [4.69, 9.17) is 0 Å². The molecule has 0 unspecified atom stereocenters. The van der Waals surface area contributed by atoms with Crippen LogP contribution in [0.5, 0.6) is 0 Å². The molecule has 3 heterocycles. The smallest absolute Gasteiger partial charge is 0.277 e. The number of fused-ring (bicyclic) bond motifs is 1. The first-order valence-corrected chi connectivity index (χ1v) is 11.2. The van der Waals surface area contributed by atoms with Crippen LogP contribution in [0.4, 0.5) is 5.69 Å². The Bertz CT molecular complexity index is 1160. The second-order valence-corrected chi connectivity index (χ2v) is 10.4. The molecule has 162 valence electrons. The zero-order valence-electron chi connectivity index (χ0n) is 18.8. The first kappa shape index (κ1) is 21.3. The Labute approximate surface area is 186 Å². The fourth-order valence-electron chi connectivity index (χ4n) is 4.04. The van der Waals surface area contributed by atoms with Crippen molar-refractivity contribution in [1.82, 2.24) is 15.1 Å². The fourth-order valence-corrected chi connectivity index (χ4v) is 4.72. The number of anilines is 1. The lowest BCUT2D eigenvalue weighted by Gasteiger charge is -2.44. The van der Waals surface area contributed by atoms with Gasteiger partial charge in [-0.25, -0.2) is 0 Å². The van der Waals surface area contributed by atoms with E-state index in [-0.39, 0.29) is 18.4 Å². The van der Waals surface area contributed by atoms with Crippen molar-refractivity contribution in [2.24, 2.45) is 0 Å². The molecule has 1 aliphatic heterocycles. The van der Waals surface area contributed by atoms with Crippen LogP contribution in [0.25, 0.3) is 10.6 Å². The first-order valence-electron chi connectivity index (χ1n) is 10.4. The number of nitrogens with one attached hydrogen (secondary N) is 1. The number of rotatable bonds is 3. The molecule has 0 radical (unpaired) electrons. The SMILES string of the molecule is Cc1ccc(N2C(=O)c3cc(-c4cccs4)nn3C[C@]2(C)C(=O)NC(C)(C)C)c(C)c1. The quantitative estimate of drug-likeness (QED) is 0.654. The summed E-state index contributed by atoms with van der Waals surface area (Å²) in [5.74, 6) is -0.424. The molecular formula is C24H28N4O2S. The number of carbonyl (C=O) groups is 2. The summed E-state index contributed by atoms with van der Waals surface area (Å²) >= 11 is 1.58. The number of nitrogens with zero attached hydrogens (tertiary/aromatic N) is 3. The number of aromatic nitrogens is 2. The minimum absolute atomic E-state index is 0.202. The molecule has 0 spiro atoms. The lowest BCUT2D eigenvalue weighted by molar-refractivity contribution is -0.128. The molecular weight excluding hydrogens is 408 g/mol. The number of hydrogen-bond acceptors (Lipinski definition) is 4. The van der Waals surface area contributed by atoms with Gasteiger partial charge in [0, 0.05) is 11.2 Å². The van der Waals surface area contributed by atoms with Crippen molar-refractivity contribution in [2.45, 2.75) is 59.2 Å². The van der Waals surface area contributed by atoms with Crippen LogP contribution in [0.15, 0.2) is 41.8 Å². The third-order valence-electron chi connectivity index (χ3n) is 5.50. The van der Waals surface area contributed by atoms with E-state index in [1.807, 2.05) is 83.3 Å². The van der Waals surface area contributed by atoms with E-state index in [9.17, 15) is 9.59 Å². The predicted molar refractivity (Wildman–Crippen MR) is 125 cm³/mol. The number of aryl methyl sites for hydroxylation is 2. The molecule has 1 N–H and O–H groups in total. The van der Waals surface area contributed by atoms with E-state index in [2.05, 4.69) is 10.4 Å². The summed E-state index contributed by atoms with van der Waals surface area (Å²) in [5, 5.41) is 9.74. The fraction of sp³-hybridized carbons (Fsp3) is 0.375. The van der Waals surface area contributed by atoms with Gasteiger partial charge in [0.25, 0.3) is 5.91 Å². The van der Waals surface area contributed by atoms with E-state index < -0.39 is 11.1 Å². The van der Waals surface area contributed by atoms with Gasteiger partial charge in [0.05, 0.1) is 11.4 Å². The van der Waals surface area contributed by atoms with Gasteiger partial charge in [-0.1, -0.05) is 23.8 Å². The molecule has 4 rings (SSSR count). The van der Waals surface area contributed by atoms with Crippen LogP contribution in [0, 0.1) is 13.8 Å². The lowest BCUT2D eigenvalue weighted by Crippen LogP contribution is -2.66. The lowest BCUT2D eigenvalue weighted by atomic mass is 9.91. The average Bonchev–Trinajstić information content (AvgIpc) is 3.31. The number of carbonyl (C=O) groups excluding carboxylic acids is 2. The maximum absolute atomic E-state index is 13.8. The van der Waals surface area contributed by atoms with Crippen LogP contribution >= 0.6 is 11.3 Å². The highest BCUT2D eigenvalue weighted by Gasteiger charge is 2.50. The number of thiophene rings is 1. The van der Waals surface area contributed by atoms with Crippen molar-refractivity contribution in [1.29, 1.82) is 0 Å². The monoisotopic (exact) mass is 436 g/mol. The summed E-state index contributed by atoms with van der Waals surface area (Å²) < 4.78 is 1.68. The third-order valence-corrected chi connectivity index (χ3v) is 6.39. The van der Waals surface area contributed by atoms with Gasteiger partial charge >= 0.3 is 0 Å². The Hall–Kier alpha value is -2.93. The minimum atomic E-state index is -1.13. The number of hydrogen-bond donors (Lipinski definition) is 1. The van der Waals surface area contributed by atoms with E-state index in [0.29, 0.717) is 5.69 Å². The second-order valence-electron chi connectivity index (χ2n) is 9.46. The molecule has 2 aromatic heterocycles. The van der Waals surface area contributed by atoms with Gasteiger partial charge in [-0.3, -0.25) is 19.2 Å². The van der Waals surface area contributed by atoms with Gasteiger partial charge in [-0.2, -0.15) is 5.10 Å². The Balaban J connectivity index is 1.87. The molecule has 3 aromatic rings. The highest BCUT2D eigenvalue weighted by Crippen LogP contribution is 2.36. The van der Waals surface area contributed by atoms with Gasteiger partial charge < -0.3 is 5.32 Å². The van der Waals surface area contributed by atoms with E-state index in [1.165, 1.54) is 0 Å². The maximum atomic E-state index is 13.8. The van der Waals surface area contributed by atoms with Crippen molar-refractivity contribution < 1.29 is 9.59 Å². The Morgan fingerprint density at radius 3 is 2.55 bits per heavy atom. The molecule has 2 amide bonds. The second kappa shape index (κ2) is 7.34. The summed E-state index contributed by atoms with van der Waals surface area (Å²) in [7, 11) is 0. The van der Waals surface area contributed by atoms with Crippen molar-refractivity contribution in [3.05, 3.63) is 58.6 Å². The van der Waals surface area contributed by atoms with Crippen molar-refractivity contribution >= 4 is 28.8 Å². The Morgan fingerprint density at radius 2 is 1.94 bits per heavy atom. The zero-order valence-corrected chi connectivity index (χ0v) is 19.6. The highest BCUT2D eigenvalue weighted by atomic mass is 32.1. The van der Waals surface area contributed by atoms with Gasteiger partial charge in [-0.15, -0.1) is 11.3 Å². The Kier molecular flexibility index (Phi) is 5.04. The standard InChI is InChI=1S/C24H28N4O2S/c1-15-9-10-18(16(2)12-15)28-21(29)19-13-17(20-8-7-11-31-20)26-27(19)14-24(28,6)22(30)25-23(3,4)5/h7-13H,14H2,1-6H3,(H,25,30)/t24-/m1/s1. The molecule has 0 fully saturated rings. The van der Waals surface area contributed by atoms with Crippen molar-refractivity contribution in [3.8, 4) is 10.6 Å². The Morgan fingerprint density at radius 1 is 1.19 bits per heavy atom. The molecule has 1 aromatic carbocycles. The summed E-state index contributed by atoms with van der Waals surface area (Å²) in [5.41, 5.74) is 2.49. The summed E-state index contributed by atoms with van der Waals surface area (Å²) in [6.07, 6.45) is 0. The van der Waals surface area contributed by atoms with Crippen LogP contribution in [0.2, 0.25) is 0 Å². The van der Waals surface area contributed by atoms with Crippen LogP contribution in [-0.4, -0.2) is 32.7 Å². The minimum Gasteiger partial charge on any atom is -0.349 e. The van der Waals surface area contributed by atoms with E-state index in [1.54, 1.807) is 20.9 Å². The zero-order chi connectivity index (χ0) is 22.6. The molecule has 31 heavy (non-hydrogen) atoms. The van der Waals surface area contributed by atoms with Gasteiger partial charge in [-0.05, 0) is 70.7 Å². The van der Waals surface area contributed by atoms with Crippen molar-refractivity contribution in [2.75, 3.05) is 4.90 Å². The van der Waals surface area contributed by atoms with Crippen molar-refractivity contribution in [3.63, 3.8) is 0 Å². The molecule has 0 saturated carbocycles. The molecule has 7 heteroatoms.